The van der Waals surface area contributed by atoms with Gasteiger partial charge in [-0.3, -0.25) is 4.79 Å². The molecular weight excluding hydrogens is 198 g/mol. The second kappa shape index (κ2) is 4.54. The van der Waals surface area contributed by atoms with E-state index in [-0.39, 0.29) is 5.56 Å². The zero-order valence-corrected chi connectivity index (χ0v) is 8.73. The third-order valence-electron chi connectivity index (χ3n) is 1.74. The molecule has 0 atom stereocenters. The second-order valence-corrected chi connectivity index (χ2v) is 2.92. The van der Waals surface area contributed by atoms with Gasteiger partial charge in [-0.2, -0.15) is 0 Å². The Labute approximate surface area is 87.0 Å². The van der Waals surface area contributed by atoms with Crippen LogP contribution >= 0.6 is 0 Å². The summed E-state index contributed by atoms with van der Waals surface area (Å²) in [6.45, 7) is 2.87. The Morgan fingerprint density at radius 1 is 1.40 bits per heavy atom. The Balaban J connectivity index is 3.01. The van der Waals surface area contributed by atoms with E-state index in [0.717, 1.165) is 0 Å². The minimum atomic E-state index is -0.694. The molecule has 0 N–H and O–H groups in total. The predicted octanol–water partition coefficient (Wildman–Crippen LogP) is 1.10. The number of aryl methyl sites for hydroxylation is 1. The topological polar surface area (TPSA) is 65.5 Å². The number of hydrogen-bond donors (Lipinski definition) is 0. The molecule has 15 heavy (non-hydrogen) atoms. The number of aromatic nitrogens is 1. The lowest BCUT2D eigenvalue weighted by molar-refractivity contribution is -0.135. The van der Waals surface area contributed by atoms with Gasteiger partial charge in [-0.15, -0.1) is 0 Å². The molecule has 1 aromatic rings. The van der Waals surface area contributed by atoms with E-state index in [1.165, 1.54) is 26.3 Å². The fourth-order valence-electron chi connectivity index (χ4n) is 1.02. The van der Waals surface area contributed by atoms with Crippen molar-refractivity contribution in [1.82, 2.24) is 4.98 Å². The van der Waals surface area contributed by atoms with Crippen LogP contribution in [0.2, 0.25) is 0 Å². The zero-order valence-electron chi connectivity index (χ0n) is 8.73. The van der Waals surface area contributed by atoms with Crippen LogP contribution in [0.15, 0.2) is 12.3 Å². The molecule has 0 spiro atoms. The van der Waals surface area contributed by atoms with Gasteiger partial charge in [0.15, 0.2) is 0 Å². The SMILES string of the molecule is COc1cc(C(=O)OC(C)=O)c(C)cn1. The van der Waals surface area contributed by atoms with Crippen molar-refractivity contribution in [3.63, 3.8) is 0 Å². The summed E-state index contributed by atoms with van der Waals surface area (Å²) in [5.41, 5.74) is 0.902. The molecule has 0 aliphatic carbocycles. The van der Waals surface area contributed by atoms with Gasteiger partial charge in [-0.1, -0.05) is 0 Å². The van der Waals surface area contributed by atoms with Crippen molar-refractivity contribution in [1.29, 1.82) is 0 Å². The number of carbonyl (C=O) groups is 2. The highest BCUT2D eigenvalue weighted by atomic mass is 16.6. The van der Waals surface area contributed by atoms with Gasteiger partial charge < -0.3 is 9.47 Å². The number of nitrogens with zero attached hydrogens (tertiary/aromatic N) is 1. The molecule has 0 saturated heterocycles. The molecule has 0 bridgehead atoms. The van der Waals surface area contributed by atoms with Crippen LogP contribution in [0, 0.1) is 6.92 Å². The van der Waals surface area contributed by atoms with Crippen LogP contribution < -0.4 is 4.74 Å². The van der Waals surface area contributed by atoms with Gasteiger partial charge in [-0.05, 0) is 12.5 Å². The lowest BCUT2D eigenvalue weighted by Gasteiger charge is -2.05. The first kappa shape index (κ1) is 11.2. The van der Waals surface area contributed by atoms with E-state index in [4.69, 9.17) is 4.74 Å². The largest absolute Gasteiger partial charge is 0.481 e. The Kier molecular flexibility index (Phi) is 3.38. The van der Waals surface area contributed by atoms with Gasteiger partial charge in [-0.25, -0.2) is 9.78 Å². The number of esters is 2. The fraction of sp³-hybridized carbons (Fsp3) is 0.300. The normalized spacial score (nSPS) is 9.53. The van der Waals surface area contributed by atoms with Crippen LogP contribution in [0.3, 0.4) is 0 Å². The number of methoxy groups -OCH3 is 1. The first-order valence-electron chi connectivity index (χ1n) is 4.28. The molecule has 0 saturated carbocycles. The highest BCUT2D eigenvalue weighted by Gasteiger charge is 2.14. The average molecular weight is 209 g/mol. The minimum absolute atomic E-state index is 0.275. The number of ether oxygens (including phenoxy) is 2. The molecule has 0 aliphatic heterocycles. The molecule has 0 aliphatic rings. The Hall–Kier alpha value is -1.91. The van der Waals surface area contributed by atoms with Gasteiger partial charge in [0.2, 0.25) is 5.88 Å². The van der Waals surface area contributed by atoms with Crippen molar-refractivity contribution >= 4 is 11.9 Å². The maximum Gasteiger partial charge on any atom is 0.346 e. The summed E-state index contributed by atoms with van der Waals surface area (Å²) in [4.78, 5) is 25.9. The van der Waals surface area contributed by atoms with Gasteiger partial charge in [0.1, 0.15) is 0 Å². The quantitative estimate of drug-likeness (QED) is 0.539. The van der Waals surface area contributed by atoms with Crippen LogP contribution in [0.25, 0.3) is 0 Å². The van der Waals surface area contributed by atoms with Crippen LogP contribution in [0.1, 0.15) is 22.8 Å². The second-order valence-electron chi connectivity index (χ2n) is 2.92. The molecule has 0 amide bonds. The van der Waals surface area contributed by atoms with Gasteiger partial charge in [0.25, 0.3) is 0 Å². The first-order chi connectivity index (χ1) is 7.04. The van der Waals surface area contributed by atoms with Crippen molar-refractivity contribution < 1.29 is 19.1 Å². The number of pyridine rings is 1. The van der Waals surface area contributed by atoms with Crippen molar-refractivity contribution in [3.05, 3.63) is 23.4 Å². The highest BCUT2D eigenvalue weighted by Crippen LogP contribution is 2.14. The molecule has 1 aromatic heterocycles. The fourth-order valence-corrected chi connectivity index (χ4v) is 1.02. The molecule has 0 aromatic carbocycles. The summed E-state index contributed by atoms with van der Waals surface area (Å²) in [5.74, 6) is -1.04. The van der Waals surface area contributed by atoms with Gasteiger partial charge in [0, 0.05) is 19.2 Å². The summed E-state index contributed by atoms with van der Waals surface area (Å²) in [6.07, 6.45) is 1.48. The van der Waals surface area contributed by atoms with Crippen molar-refractivity contribution in [2.24, 2.45) is 0 Å². The van der Waals surface area contributed by atoms with E-state index in [1.54, 1.807) is 6.92 Å². The Bertz CT molecular complexity index is 400. The lowest BCUT2D eigenvalue weighted by Crippen LogP contribution is -2.11. The highest BCUT2D eigenvalue weighted by molar-refractivity contribution is 5.97. The van der Waals surface area contributed by atoms with Crippen LogP contribution in [-0.2, 0) is 9.53 Å². The molecule has 0 radical (unpaired) electrons. The van der Waals surface area contributed by atoms with E-state index in [0.29, 0.717) is 11.4 Å². The maximum atomic E-state index is 11.4. The van der Waals surface area contributed by atoms with Crippen LogP contribution in [0.5, 0.6) is 5.88 Å². The molecule has 1 rings (SSSR count). The average Bonchev–Trinajstić information content (AvgIpc) is 2.17. The smallest absolute Gasteiger partial charge is 0.346 e. The van der Waals surface area contributed by atoms with Gasteiger partial charge >= 0.3 is 11.9 Å². The van der Waals surface area contributed by atoms with E-state index in [2.05, 4.69) is 9.72 Å². The molecule has 0 fully saturated rings. The third kappa shape index (κ3) is 2.77. The number of rotatable bonds is 2. The Morgan fingerprint density at radius 3 is 2.60 bits per heavy atom. The molecule has 5 heteroatoms. The van der Waals surface area contributed by atoms with E-state index in [1.807, 2.05) is 0 Å². The van der Waals surface area contributed by atoms with Gasteiger partial charge in [0.05, 0.1) is 12.7 Å². The first-order valence-corrected chi connectivity index (χ1v) is 4.28. The maximum absolute atomic E-state index is 11.4. The lowest BCUT2D eigenvalue weighted by atomic mass is 10.1. The third-order valence-corrected chi connectivity index (χ3v) is 1.74. The standard InChI is InChI=1S/C10H11NO4/c1-6-5-11-9(14-3)4-8(6)10(13)15-7(2)12/h4-5H,1-3H3. The summed E-state index contributed by atoms with van der Waals surface area (Å²) in [5, 5.41) is 0. The number of hydrogen-bond acceptors (Lipinski definition) is 5. The molecule has 5 nitrogen and oxygen atoms in total. The van der Waals surface area contributed by atoms with E-state index >= 15 is 0 Å². The van der Waals surface area contributed by atoms with E-state index < -0.39 is 11.9 Å². The zero-order chi connectivity index (χ0) is 11.4. The summed E-state index contributed by atoms with van der Waals surface area (Å²) >= 11 is 0. The molecule has 80 valence electrons. The van der Waals surface area contributed by atoms with Crippen LogP contribution in [0.4, 0.5) is 0 Å². The van der Waals surface area contributed by atoms with Crippen molar-refractivity contribution in [3.8, 4) is 5.88 Å². The number of carbonyl (C=O) groups excluding carboxylic acids is 2. The summed E-state index contributed by atoms with van der Waals surface area (Å²) < 4.78 is 9.32. The molecule has 1 heterocycles. The summed E-state index contributed by atoms with van der Waals surface area (Å²) in [6, 6.07) is 1.43. The van der Waals surface area contributed by atoms with Crippen molar-refractivity contribution in [2.45, 2.75) is 13.8 Å². The Morgan fingerprint density at radius 2 is 2.07 bits per heavy atom. The monoisotopic (exact) mass is 209 g/mol. The minimum Gasteiger partial charge on any atom is -0.481 e. The molecular formula is C10H11NO4. The predicted molar refractivity (Wildman–Crippen MR) is 51.6 cm³/mol. The van der Waals surface area contributed by atoms with Crippen molar-refractivity contribution in [2.75, 3.05) is 7.11 Å². The summed E-state index contributed by atoms with van der Waals surface area (Å²) in [7, 11) is 1.44. The van der Waals surface area contributed by atoms with E-state index in [9.17, 15) is 9.59 Å². The van der Waals surface area contributed by atoms with Crippen LogP contribution in [-0.4, -0.2) is 24.0 Å². The molecule has 0 unspecified atom stereocenters.